The van der Waals surface area contributed by atoms with Crippen LogP contribution in [0.25, 0.3) is 0 Å². The van der Waals surface area contributed by atoms with Crippen molar-refractivity contribution >= 4 is 12.0 Å². The van der Waals surface area contributed by atoms with Gasteiger partial charge in [-0.2, -0.15) is 0 Å². The molecule has 1 N–H and O–H groups in total. The molecule has 2 fully saturated rings. The Morgan fingerprint density at radius 3 is 2.29 bits per heavy atom. The first kappa shape index (κ1) is 15.7. The van der Waals surface area contributed by atoms with Crippen LogP contribution in [-0.2, 0) is 4.79 Å². The number of rotatable bonds is 3. The molecule has 1 saturated carbocycles. The molecule has 0 aromatic heterocycles. The highest BCUT2D eigenvalue weighted by molar-refractivity contribution is 5.80. The number of carboxylic acid groups (broad SMARTS) is 1. The Labute approximate surface area is 126 Å². The van der Waals surface area contributed by atoms with E-state index in [2.05, 4.69) is 5.92 Å². The first-order valence-corrected chi connectivity index (χ1v) is 7.75. The van der Waals surface area contributed by atoms with E-state index in [1.165, 1.54) is 37.0 Å². The summed E-state index contributed by atoms with van der Waals surface area (Å²) in [6, 6.07) is -0.235. The van der Waals surface area contributed by atoms with E-state index in [4.69, 9.17) is 11.5 Å². The molecule has 0 aromatic rings. The van der Waals surface area contributed by atoms with Gasteiger partial charge in [0.1, 0.15) is 6.54 Å². The van der Waals surface area contributed by atoms with Gasteiger partial charge in [0.25, 0.3) is 0 Å². The Bertz CT molecular complexity index is 425. The number of carbonyl (C=O) groups excluding carboxylic acids is 1. The van der Waals surface area contributed by atoms with E-state index in [0.29, 0.717) is 5.41 Å². The smallest absolute Gasteiger partial charge is 0.323 e. The van der Waals surface area contributed by atoms with Crippen LogP contribution in [0, 0.1) is 17.8 Å². The molecule has 2 amide bonds. The zero-order chi connectivity index (χ0) is 15.3. The molecule has 1 spiro atoms. The molecule has 5 nitrogen and oxygen atoms in total. The summed E-state index contributed by atoms with van der Waals surface area (Å²) in [5.41, 5.74) is 0.429. The highest BCUT2D eigenvalue weighted by Gasteiger charge is 2.37. The van der Waals surface area contributed by atoms with Crippen molar-refractivity contribution in [3.63, 3.8) is 0 Å². The number of hydrogen-bond acceptors (Lipinski definition) is 2. The molecule has 21 heavy (non-hydrogen) atoms. The number of urea groups is 1. The summed E-state index contributed by atoms with van der Waals surface area (Å²) in [5, 5.41) is 8.88. The topological polar surface area (TPSA) is 60.9 Å². The lowest BCUT2D eigenvalue weighted by Gasteiger charge is -2.45. The van der Waals surface area contributed by atoms with Gasteiger partial charge in [0.05, 0.1) is 6.54 Å². The van der Waals surface area contributed by atoms with Gasteiger partial charge in [-0.3, -0.25) is 4.79 Å². The van der Waals surface area contributed by atoms with E-state index in [1.807, 2.05) is 0 Å². The summed E-state index contributed by atoms with van der Waals surface area (Å²) in [7, 11) is 0. The Morgan fingerprint density at radius 2 is 1.76 bits per heavy atom. The van der Waals surface area contributed by atoms with Gasteiger partial charge in [0, 0.05) is 13.1 Å². The molecule has 2 rings (SSSR count). The Morgan fingerprint density at radius 1 is 1.14 bits per heavy atom. The molecule has 5 heteroatoms. The number of nitrogens with zero attached hydrogens (tertiary/aromatic N) is 2. The minimum Gasteiger partial charge on any atom is -0.480 e. The van der Waals surface area contributed by atoms with Gasteiger partial charge < -0.3 is 14.9 Å². The van der Waals surface area contributed by atoms with E-state index in [1.54, 1.807) is 4.90 Å². The molecule has 1 aliphatic carbocycles. The van der Waals surface area contributed by atoms with E-state index in [-0.39, 0.29) is 19.1 Å². The summed E-state index contributed by atoms with van der Waals surface area (Å²) in [6.45, 7) is 1.16. The van der Waals surface area contributed by atoms with Crippen molar-refractivity contribution < 1.29 is 14.7 Å². The molecule has 0 atom stereocenters. The van der Waals surface area contributed by atoms with Crippen LogP contribution in [0.5, 0.6) is 0 Å². The zero-order valence-corrected chi connectivity index (χ0v) is 12.5. The maximum atomic E-state index is 12.4. The fourth-order valence-electron chi connectivity index (χ4n) is 3.64. The lowest BCUT2D eigenvalue weighted by atomic mass is 9.68. The normalized spacial score (nSPS) is 20.8. The number of carbonyl (C=O) groups is 2. The fourth-order valence-corrected chi connectivity index (χ4v) is 3.64. The van der Waals surface area contributed by atoms with Crippen molar-refractivity contribution in [1.29, 1.82) is 0 Å². The predicted octanol–water partition coefficient (Wildman–Crippen LogP) is 2.17. The summed E-state index contributed by atoms with van der Waals surface area (Å²) in [5.74, 6) is 1.34. The molecule has 1 saturated heterocycles. The van der Waals surface area contributed by atoms with Gasteiger partial charge in [-0.25, -0.2) is 4.79 Å². The fraction of sp³-hybridized carbons (Fsp3) is 0.750. The van der Waals surface area contributed by atoms with E-state index >= 15 is 0 Å². The standard InChI is InChI=1S/C16H24N2O3/c1-2-10-18(13-14(19)20)15(21)17-11-8-16(9-12-17)6-4-3-5-7-16/h1H,3-13H2,(H,19,20). The number of likely N-dealkylation sites (tertiary alicyclic amines) is 1. The van der Waals surface area contributed by atoms with E-state index in [0.717, 1.165) is 25.9 Å². The molecule has 1 heterocycles. The first-order chi connectivity index (χ1) is 10.1. The average Bonchev–Trinajstić information content (AvgIpc) is 2.47. The van der Waals surface area contributed by atoms with Gasteiger partial charge in [-0.05, 0) is 31.1 Å². The largest absolute Gasteiger partial charge is 0.480 e. The second-order valence-electron chi connectivity index (χ2n) is 6.28. The maximum absolute atomic E-state index is 12.4. The van der Waals surface area contributed by atoms with Gasteiger partial charge in [-0.1, -0.05) is 25.2 Å². The van der Waals surface area contributed by atoms with Crippen molar-refractivity contribution in [1.82, 2.24) is 9.80 Å². The second-order valence-corrected chi connectivity index (χ2v) is 6.28. The number of hydrogen-bond donors (Lipinski definition) is 1. The Hall–Kier alpha value is -1.70. The zero-order valence-electron chi connectivity index (χ0n) is 12.5. The Kier molecular flexibility index (Phi) is 5.11. The SMILES string of the molecule is C#CCN(CC(=O)O)C(=O)N1CCC2(CCCCC2)CC1. The molecule has 0 bridgehead atoms. The number of amides is 2. The lowest BCUT2D eigenvalue weighted by molar-refractivity contribution is -0.137. The van der Waals surface area contributed by atoms with Crippen LogP contribution in [0.2, 0.25) is 0 Å². The third kappa shape index (κ3) is 3.90. The van der Waals surface area contributed by atoms with Gasteiger partial charge >= 0.3 is 12.0 Å². The van der Waals surface area contributed by atoms with Crippen LogP contribution in [0.15, 0.2) is 0 Å². The summed E-state index contributed by atoms with van der Waals surface area (Å²) < 4.78 is 0. The molecule has 0 aromatic carbocycles. The third-order valence-electron chi connectivity index (χ3n) is 4.89. The van der Waals surface area contributed by atoms with Crippen LogP contribution in [0.4, 0.5) is 4.79 Å². The van der Waals surface area contributed by atoms with Crippen LogP contribution in [-0.4, -0.2) is 53.1 Å². The van der Waals surface area contributed by atoms with Gasteiger partial charge in [-0.15, -0.1) is 6.42 Å². The molecule has 2 aliphatic rings. The minimum absolute atomic E-state index is 0.0484. The molecular weight excluding hydrogens is 268 g/mol. The van der Waals surface area contributed by atoms with Crippen molar-refractivity contribution in [2.75, 3.05) is 26.2 Å². The predicted molar refractivity (Wildman–Crippen MR) is 79.8 cm³/mol. The minimum atomic E-state index is -1.03. The van der Waals surface area contributed by atoms with Crippen molar-refractivity contribution in [3.8, 4) is 12.3 Å². The van der Waals surface area contributed by atoms with Crippen molar-refractivity contribution in [2.24, 2.45) is 5.41 Å². The van der Waals surface area contributed by atoms with Crippen molar-refractivity contribution in [3.05, 3.63) is 0 Å². The van der Waals surface area contributed by atoms with Crippen LogP contribution >= 0.6 is 0 Å². The number of piperidine rings is 1. The van der Waals surface area contributed by atoms with E-state index in [9.17, 15) is 9.59 Å². The number of terminal acetylenes is 1. The summed E-state index contributed by atoms with van der Waals surface area (Å²) in [6.07, 6.45) is 13.8. The number of carboxylic acids is 1. The third-order valence-corrected chi connectivity index (χ3v) is 4.89. The molecule has 0 radical (unpaired) electrons. The van der Waals surface area contributed by atoms with Crippen molar-refractivity contribution in [2.45, 2.75) is 44.9 Å². The lowest BCUT2D eigenvalue weighted by Crippen LogP contribution is -2.50. The van der Waals surface area contributed by atoms with Gasteiger partial charge in [0.15, 0.2) is 0 Å². The first-order valence-electron chi connectivity index (χ1n) is 7.75. The maximum Gasteiger partial charge on any atom is 0.323 e. The molecule has 1 aliphatic heterocycles. The highest BCUT2D eigenvalue weighted by Crippen LogP contribution is 2.44. The Balaban J connectivity index is 1.92. The number of aliphatic carboxylic acids is 1. The molecule has 116 valence electrons. The van der Waals surface area contributed by atoms with E-state index < -0.39 is 5.97 Å². The molecular formula is C16H24N2O3. The summed E-state index contributed by atoms with van der Waals surface area (Å²) >= 11 is 0. The second kappa shape index (κ2) is 6.84. The highest BCUT2D eigenvalue weighted by atomic mass is 16.4. The average molecular weight is 292 g/mol. The summed E-state index contributed by atoms with van der Waals surface area (Å²) in [4.78, 5) is 26.2. The van der Waals surface area contributed by atoms with Crippen LogP contribution in [0.1, 0.15) is 44.9 Å². The quantitative estimate of drug-likeness (QED) is 0.811. The van der Waals surface area contributed by atoms with Gasteiger partial charge in [0.2, 0.25) is 0 Å². The monoisotopic (exact) mass is 292 g/mol. The molecule has 0 unspecified atom stereocenters. The van der Waals surface area contributed by atoms with Crippen LogP contribution in [0.3, 0.4) is 0 Å². The van der Waals surface area contributed by atoms with Crippen LogP contribution < -0.4 is 0 Å².